The lowest BCUT2D eigenvalue weighted by Gasteiger charge is -1.98. The molecule has 0 radical (unpaired) electrons. The van der Waals surface area contributed by atoms with E-state index in [0.29, 0.717) is 22.6 Å². The van der Waals surface area contributed by atoms with Gasteiger partial charge >= 0.3 is 6.18 Å². The summed E-state index contributed by atoms with van der Waals surface area (Å²) < 4.78 is 36.9. The highest BCUT2D eigenvalue weighted by Gasteiger charge is 2.34. The van der Waals surface area contributed by atoms with Crippen LogP contribution in [0.3, 0.4) is 0 Å². The van der Waals surface area contributed by atoms with E-state index in [1.807, 2.05) is 0 Å². The molecular formula is C12H7F3N2S. The molecule has 1 aromatic carbocycles. The minimum atomic E-state index is -4.41. The number of alkyl halides is 3. The molecule has 0 unspecified atom stereocenters. The van der Waals surface area contributed by atoms with Gasteiger partial charge in [-0.25, -0.2) is 4.98 Å². The lowest BCUT2D eigenvalue weighted by Crippen LogP contribution is -2.02. The largest absolute Gasteiger partial charge is 0.443 e. The van der Waals surface area contributed by atoms with Gasteiger partial charge in [0.15, 0.2) is 5.01 Å². The van der Waals surface area contributed by atoms with Crippen LogP contribution in [0.2, 0.25) is 0 Å². The third-order valence-electron chi connectivity index (χ3n) is 1.96. The Hall–Kier alpha value is -2.00. The standard InChI is InChI=1S/C12H7F3N2S/c13-12(14,15)11-17-7-10(18-11)5-4-8-2-1-3-9(16)6-8/h1-3,6-7H,16H2. The summed E-state index contributed by atoms with van der Waals surface area (Å²) in [6, 6.07) is 6.82. The van der Waals surface area contributed by atoms with Gasteiger partial charge in [0.1, 0.15) is 0 Å². The van der Waals surface area contributed by atoms with Gasteiger partial charge in [-0.05, 0) is 24.1 Å². The molecule has 0 bridgehead atoms. The van der Waals surface area contributed by atoms with Crippen molar-refractivity contribution in [2.24, 2.45) is 0 Å². The molecule has 0 amide bonds. The van der Waals surface area contributed by atoms with Crippen molar-refractivity contribution in [1.29, 1.82) is 0 Å². The SMILES string of the molecule is Nc1cccc(C#Cc2cnc(C(F)(F)F)s2)c1. The number of nitrogen functional groups attached to an aromatic ring is 1. The van der Waals surface area contributed by atoms with Crippen LogP contribution in [0, 0.1) is 11.8 Å². The molecule has 0 atom stereocenters. The fourth-order valence-corrected chi connectivity index (χ4v) is 1.85. The topological polar surface area (TPSA) is 38.9 Å². The van der Waals surface area contributed by atoms with Crippen molar-refractivity contribution in [1.82, 2.24) is 4.98 Å². The summed E-state index contributed by atoms with van der Waals surface area (Å²) in [5, 5.41) is -0.889. The van der Waals surface area contributed by atoms with Crippen LogP contribution in [0.5, 0.6) is 0 Å². The van der Waals surface area contributed by atoms with Crippen LogP contribution in [0.15, 0.2) is 30.5 Å². The highest BCUT2D eigenvalue weighted by Crippen LogP contribution is 2.32. The Morgan fingerprint density at radius 1 is 1.22 bits per heavy atom. The molecule has 6 heteroatoms. The second-order valence-corrected chi connectivity index (χ2v) is 4.43. The lowest BCUT2D eigenvalue weighted by molar-refractivity contribution is -0.137. The Balaban J connectivity index is 2.23. The normalized spacial score (nSPS) is 10.8. The van der Waals surface area contributed by atoms with Crippen molar-refractivity contribution in [3.8, 4) is 11.8 Å². The van der Waals surface area contributed by atoms with Gasteiger partial charge < -0.3 is 5.73 Å². The summed E-state index contributed by atoms with van der Waals surface area (Å²) in [6.07, 6.45) is -3.30. The number of nitrogens with two attached hydrogens (primary N) is 1. The van der Waals surface area contributed by atoms with E-state index >= 15 is 0 Å². The minimum absolute atomic E-state index is 0.268. The van der Waals surface area contributed by atoms with Crippen molar-refractivity contribution in [3.63, 3.8) is 0 Å². The van der Waals surface area contributed by atoms with Gasteiger partial charge in [0.05, 0.1) is 11.1 Å². The predicted molar refractivity (Wildman–Crippen MR) is 64.0 cm³/mol. The van der Waals surface area contributed by atoms with Crippen LogP contribution in [-0.4, -0.2) is 4.98 Å². The molecule has 92 valence electrons. The maximum absolute atomic E-state index is 12.3. The molecule has 0 spiro atoms. The number of halogens is 3. The maximum Gasteiger partial charge on any atom is 0.443 e. The van der Waals surface area contributed by atoms with E-state index in [9.17, 15) is 13.2 Å². The molecule has 2 rings (SSSR count). The Kier molecular flexibility index (Phi) is 3.26. The number of thiazole rings is 1. The van der Waals surface area contributed by atoms with Gasteiger partial charge in [-0.3, -0.25) is 0 Å². The number of rotatable bonds is 0. The second-order valence-electron chi connectivity index (χ2n) is 3.40. The fourth-order valence-electron chi connectivity index (χ4n) is 1.21. The van der Waals surface area contributed by atoms with E-state index in [-0.39, 0.29) is 4.88 Å². The van der Waals surface area contributed by atoms with E-state index in [4.69, 9.17) is 5.73 Å². The molecule has 18 heavy (non-hydrogen) atoms. The van der Waals surface area contributed by atoms with E-state index < -0.39 is 11.2 Å². The average molecular weight is 268 g/mol. The van der Waals surface area contributed by atoms with E-state index in [2.05, 4.69) is 16.8 Å². The first-order chi connectivity index (χ1) is 8.45. The minimum Gasteiger partial charge on any atom is -0.399 e. The zero-order valence-corrected chi connectivity index (χ0v) is 9.77. The maximum atomic E-state index is 12.3. The number of hydrogen-bond donors (Lipinski definition) is 1. The van der Waals surface area contributed by atoms with E-state index in [1.54, 1.807) is 24.3 Å². The van der Waals surface area contributed by atoms with Gasteiger partial charge in [0.25, 0.3) is 0 Å². The molecule has 0 aliphatic heterocycles. The number of nitrogens with zero attached hydrogens (tertiary/aromatic N) is 1. The third kappa shape index (κ3) is 3.02. The van der Waals surface area contributed by atoms with Crippen LogP contribution >= 0.6 is 11.3 Å². The molecule has 1 heterocycles. The van der Waals surface area contributed by atoms with Gasteiger partial charge in [0.2, 0.25) is 0 Å². The average Bonchev–Trinajstić information content (AvgIpc) is 2.74. The van der Waals surface area contributed by atoms with Crippen LogP contribution in [0.4, 0.5) is 18.9 Å². The molecule has 2 nitrogen and oxygen atoms in total. The quantitative estimate of drug-likeness (QED) is 0.589. The highest BCUT2D eigenvalue weighted by atomic mass is 32.1. The number of hydrogen-bond acceptors (Lipinski definition) is 3. The highest BCUT2D eigenvalue weighted by molar-refractivity contribution is 7.12. The number of aromatic nitrogens is 1. The fraction of sp³-hybridized carbons (Fsp3) is 0.0833. The Morgan fingerprint density at radius 2 is 2.00 bits per heavy atom. The molecular weight excluding hydrogens is 261 g/mol. The van der Waals surface area contributed by atoms with Crippen molar-refractivity contribution >= 4 is 17.0 Å². The van der Waals surface area contributed by atoms with Crippen LogP contribution < -0.4 is 5.73 Å². The van der Waals surface area contributed by atoms with Crippen LogP contribution in [0.1, 0.15) is 15.4 Å². The number of anilines is 1. The summed E-state index contributed by atoms with van der Waals surface area (Å²) in [6.45, 7) is 0. The zero-order valence-electron chi connectivity index (χ0n) is 8.95. The van der Waals surface area contributed by atoms with Gasteiger partial charge in [-0.2, -0.15) is 13.2 Å². The molecule has 2 aromatic rings. The van der Waals surface area contributed by atoms with E-state index in [1.165, 1.54) is 0 Å². The molecule has 0 saturated heterocycles. The van der Waals surface area contributed by atoms with Crippen LogP contribution in [0.25, 0.3) is 0 Å². The molecule has 0 aliphatic rings. The molecule has 0 aliphatic carbocycles. The summed E-state index contributed by atoms with van der Waals surface area (Å²) in [7, 11) is 0. The predicted octanol–water partition coefficient (Wildman–Crippen LogP) is 3.14. The summed E-state index contributed by atoms with van der Waals surface area (Å²) in [5.41, 5.74) is 6.77. The van der Waals surface area contributed by atoms with Gasteiger partial charge in [-0.15, -0.1) is 11.3 Å². The lowest BCUT2D eigenvalue weighted by atomic mass is 10.2. The van der Waals surface area contributed by atoms with Crippen molar-refractivity contribution in [2.45, 2.75) is 6.18 Å². The van der Waals surface area contributed by atoms with Crippen molar-refractivity contribution < 1.29 is 13.2 Å². The molecule has 0 fully saturated rings. The Bertz CT molecular complexity index is 620. The monoisotopic (exact) mass is 268 g/mol. The van der Waals surface area contributed by atoms with Gasteiger partial charge in [-0.1, -0.05) is 12.0 Å². The van der Waals surface area contributed by atoms with E-state index in [0.717, 1.165) is 6.20 Å². The third-order valence-corrected chi connectivity index (χ3v) is 2.92. The molecule has 0 saturated carbocycles. The van der Waals surface area contributed by atoms with Crippen molar-refractivity contribution in [3.05, 3.63) is 45.9 Å². The summed E-state index contributed by atoms with van der Waals surface area (Å²) in [4.78, 5) is 3.55. The summed E-state index contributed by atoms with van der Waals surface area (Å²) >= 11 is 0.522. The Morgan fingerprint density at radius 3 is 2.61 bits per heavy atom. The summed E-state index contributed by atoms with van der Waals surface area (Å²) in [5.74, 6) is 5.37. The Labute approximate surface area is 105 Å². The first-order valence-electron chi connectivity index (χ1n) is 4.86. The van der Waals surface area contributed by atoms with Crippen molar-refractivity contribution in [2.75, 3.05) is 5.73 Å². The first kappa shape index (κ1) is 12.5. The smallest absolute Gasteiger partial charge is 0.399 e. The molecule has 2 N–H and O–H groups in total. The van der Waals surface area contributed by atoms with Crippen LogP contribution in [-0.2, 0) is 6.18 Å². The zero-order chi connectivity index (χ0) is 13.2. The first-order valence-corrected chi connectivity index (χ1v) is 5.67. The number of benzene rings is 1. The molecule has 1 aromatic heterocycles. The second kappa shape index (κ2) is 4.70. The van der Waals surface area contributed by atoms with Gasteiger partial charge in [0, 0.05) is 11.3 Å².